The zero-order chi connectivity index (χ0) is 42.9. The maximum Gasteiger partial charge on any atom is 0.410 e. The molecule has 1 N–H and O–H groups in total. The largest absolute Gasteiger partial charge is 0.496 e. The van der Waals surface area contributed by atoms with Gasteiger partial charge >= 0.3 is 6.09 Å². The molecule has 1 heterocycles. The van der Waals surface area contributed by atoms with E-state index in [2.05, 4.69) is 52.8 Å². The topological polar surface area (TPSA) is 77.5 Å². The molecular weight excluding hydrogens is 759 g/mol. The summed E-state index contributed by atoms with van der Waals surface area (Å²) in [6, 6.07) is 25.5. The summed E-state index contributed by atoms with van der Waals surface area (Å²) in [6.45, 7) is 12.9. The Bertz CT molecular complexity index is 1950. The van der Waals surface area contributed by atoms with E-state index in [0.29, 0.717) is 29.3 Å². The van der Waals surface area contributed by atoms with Crippen molar-refractivity contribution in [3.63, 3.8) is 0 Å². The van der Waals surface area contributed by atoms with Crippen LogP contribution in [0.3, 0.4) is 0 Å². The van der Waals surface area contributed by atoms with Crippen molar-refractivity contribution in [2.75, 3.05) is 27.4 Å². The van der Waals surface area contributed by atoms with Crippen LogP contribution in [0, 0.1) is 46.3 Å². The number of rotatable bonds is 14. The first-order valence-corrected chi connectivity index (χ1v) is 23.7. The molecule has 0 unspecified atom stereocenters. The van der Waals surface area contributed by atoms with E-state index in [1.165, 1.54) is 56.9 Å². The predicted molar refractivity (Wildman–Crippen MR) is 243 cm³/mol. The van der Waals surface area contributed by atoms with Gasteiger partial charge in [-0.2, -0.15) is 0 Å². The fraction of sp³-hybridized carbons (Fsp3) is 0.611. The Balaban J connectivity index is 0.980. The van der Waals surface area contributed by atoms with Gasteiger partial charge in [0, 0.05) is 17.5 Å². The number of amides is 1. The summed E-state index contributed by atoms with van der Waals surface area (Å²) in [4.78, 5) is 16.0. The summed E-state index contributed by atoms with van der Waals surface area (Å²) >= 11 is 0. The average Bonchev–Trinajstić information content (AvgIpc) is 3.83. The molecule has 1 saturated heterocycles. The van der Waals surface area contributed by atoms with Gasteiger partial charge in [0.2, 0.25) is 0 Å². The van der Waals surface area contributed by atoms with Crippen molar-refractivity contribution in [1.29, 1.82) is 0 Å². The minimum absolute atomic E-state index is 0.159. The summed E-state index contributed by atoms with van der Waals surface area (Å²) in [5.74, 6) is 6.10. The van der Waals surface area contributed by atoms with Gasteiger partial charge in [0.25, 0.3) is 0 Å². The number of aliphatic hydroxyl groups is 1. The molecule has 330 valence electrons. The molecule has 0 aromatic heterocycles. The Morgan fingerprint density at radius 2 is 1.51 bits per heavy atom. The molecule has 7 nitrogen and oxygen atoms in total. The van der Waals surface area contributed by atoms with Crippen molar-refractivity contribution >= 4 is 6.09 Å². The predicted octanol–water partition coefficient (Wildman–Crippen LogP) is 12.0. The average molecular weight is 832 g/mol. The Morgan fingerprint density at radius 3 is 2.18 bits per heavy atom. The summed E-state index contributed by atoms with van der Waals surface area (Å²) in [5, 5.41) is 11.1. The van der Waals surface area contributed by atoms with Crippen LogP contribution in [0.25, 0.3) is 0 Å². The van der Waals surface area contributed by atoms with Crippen LogP contribution in [0.1, 0.15) is 128 Å². The molecule has 8 rings (SSSR count). The summed E-state index contributed by atoms with van der Waals surface area (Å²) in [7, 11) is 3.34. The second-order valence-corrected chi connectivity index (χ2v) is 20.5. The molecule has 4 fully saturated rings. The third kappa shape index (κ3) is 8.16. The first kappa shape index (κ1) is 43.8. The molecule has 1 aliphatic heterocycles. The first-order valence-electron chi connectivity index (χ1n) is 23.7. The standard InChI is InChI=1S/C54H73NO6/c1-36(2)16-15-17-37(3)44-26-27-45-43-25-24-39-32-42(28-30-52(39,4)46(43)29-31-53(44,45)5)61-51(57)55-34-41(56)33-40(55)35-60-54(38-18-9-8-10-19-38,47-20-11-13-22-49(47)58-6)48-21-12-14-23-50(48)59-7/h8-14,18-24,36-37,40-46,56H,15-17,25-35H2,1-7H3/t37-,40+,41-,42+,43+,44-,45+,46+,52+,53-/m1/s1. The lowest BCUT2D eigenvalue weighted by molar-refractivity contribution is -0.0605. The Hall–Kier alpha value is -3.81. The van der Waals surface area contributed by atoms with Gasteiger partial charge in [0.15, 0.2) is 5.60 Å². The summed E-state index contributed by atoms with van der Waals surface area (Å²) in [6.07, 6.45) is 15.3. The molecule has 61 heavy (non-hydrogen) atoms. The number of likely N-dealkylation sites (tertiary alicyclic amines) is 1. The smallest absolute Gasteiger partial charge is 0.410 e. The highest BCUT2D eigenvalue weighted by Crippen LogP contribution is 2.67. The first-order chi connectivity index (χ1) is 29.4. The number of methoxy groups -OCH3 is 2. The van der Waals surface area contributed by atoms with Crippen LogP contribution < -0.4 is 9.47 Å². The number of fused-ring (bicyclic) bond motifs is 5. The van der Waals surface area contributed by atoms with Crippen LogP contribution in [0.2, 0.25) is 0 Å². The minimum Gasteiger partial charge on any atom is -0.496 e. The van der Waals surface area contributed by atoms with Crippen LogP contribution in [0.5, 0.6) is 11.5 Å². The van der Waals surface area contributed by atoms with Crippen molar-refractivity contribution in [3.05, 3.63) is 107 Å². The van der Waals surface area contributed by atoms with Crippen molar-refractivity contribution in [3.8, 4) is 11.5 Å². The van der Waals surface area contributed by atoms with E-state index in [4.69, 9.17) is 18.9 Å². The maximum atomic E-state index is 14.3. The molecule has 3 aromatic rings. The number of aliphatic hydroxyl groups excluding tert-OH is 1. The molecule has 5 aliphatic rings. The summed E-state index contributed by atoms with van der Waals surface area (Å²) < 4.78 is 25.7. The van der Waals surface area contributed by atoms with Gasteiger partial charge in [-0.05, 0) is 115 Å². The van der Waals surface area contributed by atoms with Crippen LogP contribution in [-0.4, -0.2) is 61.7 Å². The van der Waals surface area contributed by atoms with Gasteiger partial charge in [-0.3, -0.25) is 0 Å². The number of nitrogens with zero attached hydrogens (tertiary/aromatic N) is 1. The minimum atomic E-state index is -1.16. The normalized spacial score (nSPS) is 31.5. The second kappa shape index (κ2) is 18.1. The quantitative estimate of drug-likeness (QED) is 0.129. The molecular formula is C54H73NO6. The molecule has 0 bridgehead atoms. The number of para-hydroxylation sites is 2. The van der Waals surface area contributed by atoms with E-state index in [1.807, 2.05) is 66.7 Å². The molecule has 3 saturated carbocycles. The third-order valence-corrected chi connectivity index (χ3v) is 16.8. The Labute approximate surface area is 366 Å². The maximum absolute atomic E-state index is 14.3. The fourth-order valence-electron chi connectivity index (χ4n) is 13.7. The van der Waals surface area contributed by atoms with Gasteiger partial charge in [-0.1, -0.05) is 132 Å². The van der Waals surface area contributed by atoms with Crippen LogP contribution >= 0.6 is 0 Å². The number of ether oxygens (including phenoxy) is 4. The number of carbonyl (C=O) groups is 1. The van der Waals surface area contributed by atoms with Gasteiger partial charge < -0.3 is 29.0 Å². The lowest BCUT2D eigenvalue weighted by Crippen LogP contribution is -2.51. The van der Waals surface area contributed by atoms with Crippen molar-refractivity contribution in [2.45, 2.75) is 136 Å². The van der Waals surface area contributed by atoms with Gasteiger partial charge in [0.05, 0.1) is 39.5 Å². The van der Waals surface area contributed by atoms with Crippen molar-refractivity contribution in [2.24, 2.45) is 46.3 Å². The number of β-amino-alcohol motifs (C(OH)–C–C–N with tert-alkyl or cyclic N) is 1. The molecule has 4 aliphatic carbocycles. The third-order valence-electron chi connectivity index (χ3n) is 16.8. The molecule has 3 aromatic carbocycles. The number of hydrogen-bond acceptors (Lipinski definition) is 6. The lowest BCUT2D eigenvalue weighted by Gasteiger charge is -2.58. The molecule has 10 atom stereocenters. The SMILES string of the molecule is COc1ccccc1C(OC[C@@H]1C[C@@H](O)CN1C(=O)O[C@H]1CC[C@@]2(C)C(=CC[C@H]3[C@@H]4CC[C@H]([C@H](C)CCCC(C)C)[C@@]4(C)CC[C@@H]32)C1)(c1ccccc1)c1ccccc1OC. The van der Waals surface area contributed by atoms with Gasteiger partial charge in [0.1, 0.15) is 17.6 Å². The number of hydrogen-bond donors (Lipinski definition) is 1. The number of allylic oxidation sites excluding steroid dienone is 1. The van der Waals surface area contributed by atoms with Gasteiger partial charge in [-0.15, -0.1) is 0 Å². The van der Waals surface area contributed by atoms with E-state index < -0.39 is 17.7 Å². The highest BCUT2D eigenvalue weighted by atomic mass is 16.6. The molecule has 0 radical (unpaired) electrons. The fourth-order valence-corrected chi connectivity index (χ4v) is 13.7. The Kier molecular flexibility index (Phi) is 13.0. The Morgan fingerprint density at radius 1 is 0.836 bits per heavy atom. The van der Waals surface area contributed by atoms with E-state index in [-0.39, 0.29) is 30.8 Å². The molecule has 7 heteroatoms. The summed E-state index contributed by atoms with van der Waals surface area (Å²) in [5.41, 5.74) is 3.52. The second-order valence-electron chi connectivity index (χ2n) is 20.5. The van der Waals surface area contributed by atoms with E-state index in [9.17, 15) is 9.90 Å². The van der Waals surface area contributed by atoms with E-state index in [0.717, 1.165) is 65.5 Å². The van der Waals surface area contributed by atoms with E-state index in [1.54, 1.807) is 19.1 Å². The monoisotopic (exact) mass is 832 g/mol. The molecule has 1 amide bonds. The van der Waals surface area contributed by atoms with Crippen LogP contribution in [-0.2, 0) is 15.1 Å². The number of benzene rings is 3. The highest BCUT2D eigenvalue weighted by Gasteiger charge is 2.59. The van der Waals surface area contributed by atoms with Crippen molar-refractivity contribution < 1.29 is 28.8 Å². The number of carbonyl (C=O) groups excluding carboxylic acids is 1. The zero-order valence-corrected chi connectivity index (χ0v) is 38.1. The highest BCUT2D eigenvalue weighted by molar-refractivity contribution is 5.69. The van der Waals surface area contributed by atoms with Crippen LogP contribution in [0.15, 0.2) is 90.5 Å². The zero-order valence-electron chi connectivity index (χ0n) is 38.1. The van der Waals surface area contributed by atoms with Crippen molar-refractivity contribution in [1.82, 2.24) is 4.90 Å². The van der Waals surface area contributed by atoms with Crippen LogP contribution in [0.4, 0.5) is 4.79 Å². The van der Waals surface area contributed by atoms with E-state index >= 15 is 0 Å². The van der Waals surface area contributed by atoms with Gasteiger partial charge in [-0.25, -0.2) is 4.79 Å². The molecule has 0 spiro atoms. The lowest BCUT2D eigenvalue weighted by atomic mass is 9.47.